The van der Waals surface area contributed by atoms with Gasteiger partial charge in [-0.3, -0.25) is 10.1 Å². The van der Waals surface area contributed by atoms with E-state index >= 15 is 0 Å². The van der Waals surface area contributed by atoms with E-state index in [1.54, 1.807) is 18.2 Å². The lowest BCUT2D eigenvalue weighted by molar-refractivity contribution is -0.384. The van der Waals surface area contributed by atoms with E-state index in [9.17, 15) is 10.1 Å². The molecule has 0 bridgehead atoms. The molecule has 0 fully saturated rings. The van der Waals surface area contributed by atoms with Crippen molar-refractivity contribution in [3.8, 4) is 5.75 Å². The lowest BCUT2D eigenvalue weighted by atomic mass is 9.95. The fourth-order valence-electron chi connectivity index (χ4n) is 3.96. The molecule has 2 aliphatic heterocycles. The van der Waals surface area contributed by atoms with Crippen molar-refractivity contribution in [1.29, 1.82) is 0 Å². The van der Waals surface area contributed by atoms with Crippen molar-refractivity contribution in [1.82, 2.24) is 5.01 Å². The minimum Gasteiger partial charge on any atom is -0.464 e. The van der Waals surface area contributed by atoms with Crippen molar-refractivity contribution in [2.45, 2.75) is 25.6 Å². The van der Waals surface area contributed by atoms with Gasteiger partial charge in [-0.05, 0) is 42.8 Å². The van der Waals surface area contributed by atoms with Crippen molar-refractivity contribution < 1.29 is 9.66 Å². The van der Waals surface area contributed by atoms with Gasteiger partial charge < -0.3 is 4.74 Å². The van der Waals surface area contributed by atoms with Gasteiger partial charge >= 0.3 is 0 Å². The first-order chi connectivity index (χ1) is 14.5. The number of hydrogen-bond acceptors (Lipinski definition) is 5. The molecule has 0 radical (unpaired) electrons. The average molecular weight is 420 g/mol. The van der Waals surface area contributed by atoms with Gasteiger partial charge in [0.2, 0.25) is 6.23 Å². The molecule has 150 valence electrons. The monoisotopic (exact) mass is 419 g/mol. The number of hydrogen-bond donors (Lipinski definition) is 0. The van der Waals surface area contributed by atoms with Crippen LogP contribution in [-0.2, 0) is 0 Å². The quantitative estimate of drug-likeness (QED) is 0.397. The Morgan fingerprint density at radius 1 is 1.10 bits per heavy atom. The van der Waals surface area contributed by atoms with Crippen LogP contribution in [0.3, 0.4) is 0 Å². The highest BCUT2D eigenvalue weighted by atomic mass is 35.5. The maximum Gasteiger partial charge on any atom is 0.269 e. The Kier molecular flexibility index (Phi) is 4.44. The third-order valence-electron chi connectivity index (χ3n) is 5.53. The molecule has 0 saturated heterocycles. The minimum atomic E-state index is -0.479. The Balaban J connectivity index is 1.57. The van der Waals surface area contributed by atoms with Crippen LogP contribution < -0.4 is 4.74 Å². The highest BCUT2D eigenvalue weighted by Crippen LogP contribution is 2.48. The summed E-state index contributed by atoms with van der Waals surface area (Å²) in [5.41, 5.74) is 5.08. The van der Waals surface area contributed by atoms with E-state index in [4.69, 9.17) is 21.4 Å². The summed E-state index contributed by atoms with van der Waals surface area (Å²) in [6.45, 7) is 2.06. The molecule has 3 aromatic carbocycles. The maximum atomic E-state index is 11.0. The van der Waals surface area contributed by atoms with Crippen LogP contribution in [0.25, 0.3) is 0 Å². The van der Waals surface area contributed by atoms with Gasteiger partial charge in [0.15, 0.2) is 0 Å². The second-order valence-electron chi connectivity index (χ2n) is 7.51. The Morgan fingerprint density at radius 2 is 1.83 bits per heavy atom. The van der Waals surface area contributed by atoms with E-state index in [2.05, 4.69) is 31.2 Å². The number of benzene rings is 3. The number of non-ortho nitro benzene ring substituents is 1. The summed E-state index contributed by atoms with van der Waals surface area (Å²) in [4.78, 5) is 10.6. The SMILES string of the molecule is Cc1ccc(C2=NN3C(C2)c2cc(Cl)ccc2OC3c2ccc([N+](=O)[O-])cc2)cc1. The van der Waals surface area contributed by atoms with Crippen molar-refractivity contribution in [3.05, 3.63) is 104 Å². The summed E-state index contributed by atoms with van der Waals surface area (Å²) in [5, 5.41) is 18.5. The highest BCUT2D eigenvalue weighted by Gasteiger charge is 2.41. The van der Waals surface area contributed by atoms with Crippen LogP contribution >= 0.6 is 11.6 Å². The molecule has 7 heteroatoms. The van der Waals surface area contributed by atoms with Gasteiger partial charge in [0.25, 0.3) is 5.69 Å². The second kappa shape index (κ2) is 7.15. The summed E-state index contributed by atoms with van der Waals surface area (Å²) in [5.74, 6) is 0.754. The number of nitro benzene ring substituents is 1. The molecule has 5 rings (SSSR count). The third kappa shape index (κ3) is 3.19. The molecule has 0 aromatic heterocycles. The van der Waals surface area contributed by atoms with Crippen molar-refractivity contribution in [2.75, 3.05) is 0 Å². The summed E-state index contributed by atoms with van der Waals surface area (Å²) in [6.07, 6.45) is 0.246. The molecule has 2 unspecified atom stereocenters. The Hall–Kier alpha value is -3.38. The Bertz CT molecular complexity index is 1160. The summed E-state index contributed by atoms with van der Waals surface area (Å²) >= 11 is 6.26. The number of rotatable bonds is 3. The largest absolute Gasteiger partial charge is 0.464 e. The van der Waals surface area contributed by atoms with Gasteiger partial charge in [0.05, 0.1) is 16.7 Å². The molecule has 2 aliphatic rings. The average Bonchev–Trinajstić information content (AvgIpc) is 3.19. The number of fused-ring (bicyclic) bond motifs is 3. The van der Waals surface area contributed by atoms with Crippen LogP contribution in [0.1, 0.15) is 40.9 Å². The zero-order valence-electron chi connectivity index (χ0n) is 16.2. The molecular weight excluding hydrogens is 402 g/mol. The van der Waals surface area contributed by atoms with Gasteiger partial charge in [-0.2, -0.15) is 5.10 Å². The zero-order valence-corrected chi connectivity index (χ0v) is 16.9. The van der Waals surface area contributed by atoms with E-state index in [0.29, 0.717) is 5.02 Å². The topological polar surface area (TPSA) is 68.0 Å². The van der Waals surface area contributed by atoms with E-state index in [-0.39, 0.29) is 11.7 Å². The fraction of sp³-hybridized carbons (Fsp3) is 0.174. The second-order valence-corrected chi connectivity index (χ2v) is 7.95. The third-order valence-corrected chi connectivity index (χ3v) is 5.76. The zero-order chi connectivity index (χ0) is 20.8. The van der Waals surface area contributed by atoms with Crippen LogP contribution in [0.15, 0.2) is 71.8 Å². The molecule has 0 amide bonds. The summed E-state index contributed by atoms with van der Waals surface area (Å²) in [7, 11) is 0. The number of nitrogens with zero attached hydrogens (tertiary/aromatic N) is 3. The smallest absolute Gasteiger partial charge is 0.269 e. The fourth-order valence-corrected chi connectivity index (χ4v) is 4.14. The van der Waals surface area contributed by atoms with Gasteiger partial charge in [-0.15, -0.1) is 0 Å². The van der Waals surface area contributed by atoms with E-state index < -0.39 is 11.2 Å². The first-order valence-electron chi connectivity index (χ1n) is 9.63. The van der Waals surface area contributed by atoms with Gasteiger partial charge in [-0.25, -0.2) is 5.01 Å². The number of nitro groups is 1. The van der Waals surface area contributed by atoms with E-state index in [1.165, 1.54) is 17.7 Å². The molecule has 2 atom stereocenters. The molecular formula is C23H18ClN3O3. The van der Waals surface area contributed by atoms with Gasteiger partial charge in [-0.1, -0.05) is 41.4 Å². The molecule has 0 aliphatic carbocycles. The number of halogens is 1. The Morgan fingerprint density at radius 3 is 2.53 bits per heavy atom. The lowest BCUT2D eigenvalue weighted by Gasteiger charge is -2.38. The minimum absolute atomic E-state index is 0.0241. The van der Waals surface area contributed by atoms with Crippen LogP contribution in [-0.4, -0.2) is 15.6 Å². The van der Waals surface area contributed by atoms with Crippen molar-refractivity contribution in [3.63, 3.8) is 0 Å². The maximum absolute atomic E-state index is 11.0. The van der Waals surface area contributed by atoms with Crippen molar-refractivity contribution >= 4 is 23.0 Å². The summed E-state index contributed by atoms with van der Waals surface area (Å²) < 4.78 is 6.28. The first-order valence-corrected chi connectivity index (χ1v) is 10.0. The predicted octanol–water partition coefficient (Wildman–Crippen LogP) is 5.80. The van der Waals surface area contributed by atoms with E-state index in [0.717, 1.165) is 34.6 Å². The molecule has 6 nitrogen and oxygen atoms in total. The lowest BCUT2D eigenvalue weighted by Crippen LogP contribution is -2.33. The highest BCUT2D eigenvalue weighted by molar-refractivity contribution is 6.30. The van der Waals surface area contributed by atoms with E-state index in [1.807, 2.05) is 17.1 Å². The molecule has 3 aromatic rings. The van der Waals surface area contributed by atoms with Crippen molar-refractivity contribution in [2.24, 2.45) is 5.10 Å². The molecule has 30 heavy (non-hydrogen) atoms. The number of aryl methyl sites for hydroxylation is 1. The molecule has 0 N–H and O–H groups in total. The standard InChI is InChI=1S/C23H18ClN3O3/c1-14-2-4-15(5-3-14)20-13-21-19-12-17(24)8-11-22(19)30-23(26(21)25-20)16-6-9-18(10-7-16)27(28)29/h2-12,21,23H,13H2,1H3. The van der Waals surface area contributed by atoms with Crippen LogP contribution in [0.2, 0.25) is 5.02 Å². The molecule has 0 saturated carbocycles. The normalized spacial score (nSPS) is 19.5. The Labute approximate surface area is 178 Å². The number of ether oxygens (including phenoxy) is 1. The molecule has 0 spiro atoms. The van der Waals surface area contributed by atoms with Crippen LogP contribution in [0, 0.1) is 17.0 Å². The predicted molar refractivity (Wildman–Crippen MR) is 115 cm³/mol. The summed E-state index contributed by atoms with van der Waals surface area (Å²) in [6, 6.07) is 20.3. The van der Waals surface area contributed by atoms with Gasteiger partial charge in [0.1, 0.15) is 5.75 Å². The van der Waals surface area contributed by atoms with Gasteiger partial charge in [0, 0.05) is 34.7 Å². The first kappa shape index (κ1) is 18.6. The van der Waals surface area contributed by atoms with Crippen LogP contribution in [0.4, 0.5) is 5.69 Å². The van der Waals surface area contributed by atoms with Crippen LogP contribution in [0.5, 0.6) is 5.75 Å². The number of hydrazone groups is 1. The molecule has 2 heterocycles.